The van der Waals surface area contributed by atoms with Crippen molar-refractivity contribution in [2.24, 2.45) is 5.92 Å². The van der Waals surface area contributed by atoms with Crippen molar-refractivity contribution in [3.05, 3.63) is 50.8 Å². The number of fused-ring (bicyclic) bond motifs is 1. The maximum atomic E-state index is 13.0. The normalized spacial score (nSPS) is 13.4. The molecule has 0 bridgehead atoms. The van der Waals surface area contributed by atoms with Gasteiger partial charge in [-0.15, -0.1) is 11.3 Å². The Bertz CT molecular complexity index is 1090. The van der Waals surface area contributed by atoms with E-state index in [0.29, 0.717) is 40.1 Å². The number of nitrogens with zero attached hydrogens (tertiary/aromatic N) is 2. The van der Waals surface area contributed by atoms with Gasteiger partial charge in [-0.3, -0.25) is 9.69 Å². The summed E-state index contributed by atoms with van der Waals surface area (Å²) in [6.45, 7) is 12.1. The Labute approximate surface area is 198 Å². The fourth-order valence-electron chi connectivity index (χ4n) is 3.54. The fraction of sp³-hybridized carbons (Fsp3) is 0.500. The highest BCUT2D eigenvalue weighted by molar-refractivity contribution is 7.17. The van der Waals surface area contributed by atoms with Crippen molar-refractivity contribution in [3.8, 4) is 11.1 Å². The number of H-pyrrole nitrogens is 1. The third-order valence-electron chi connectivity index (χ3n) is 4.82. The number of rotatable bonds is 9. The molecule has 6 nitrogen and oxygen atoms in total. The van der Waals surface area contributed by atoms with Crippen molar-refractivity contribution in [3.63, 3.8) is 0 Å². The van der Waals surface area contributed by atoms with Crippen LogP contribution in [0.3, 0.4) is 0 Å². The Kier molecular flexibility index (Phi) is 8.11. The molecule has 32 heavy (non-hydrogen) atoms. The van der Waals surface area contributed by atoms with E-state index < -0.39 is 6.10 Å². The van der Waals surface area contributed by atoms with Gasteiger partial charge in [-0.25, -0.2) is 4.98 Å². The lowest BCUT2D eigenvalue weighted by molar-refractivity contribution is -0.0574. The topological polar surface area (TPSA) is 78.5 Å². The first-order valence-electron chi connectivity index (χ1n) is 10.8. The lowest BCUT2D eigenvalue weighted by Gasteiger charge is -2.28. The van der Waals surface area contributed by atoms with Crippen molar-refractivity contribution < 1.29 is 9.84 Å². The zero-order valence-corrected chi connectivity index (χ0v) is 20.9. The number of halogens is 1. The Balaban J connectivity index is 1.80. The van der Waals surface area contributed by atoms with Crippen LogP contribution in [0.25, 0.3) is 21.3 Å². The van der Waals surface area contributed by atoms with Gasteiger partial charge in [0.15, 0.2) is 0 Å². The first-order valence-corrected chi connectivity index (χ1v) is 12.1. The van der Waals surface area contributed by atoms with Gasteiger partial charge in [0.2, 0.25) is 0 Å². The predicted molar refractivity (Wildman–Crippen MR) is 133 cm³/mol. The van der Waals surface area contributed by atoms with E-state index in [1.54, 1.807) is 0 Å². The average molecular weight is 478 g/mol. The zero-order chi connectivity index (χ0) is 23.5. The van der Waals surface area contributed by atoms with Crippen LogP contribution in [-0.4, -0.2) is 51.4 Å². The van der Waals surface area contributed by atoms with Crippen molar-refractivity contribution in [2.75, 3.05) is 19.7 Å². The molecule has 8 heteroatoms. The molecule has 0 aliphatic carbocycles. The summed E-state index contributed by atoms with van der Waals surface area (Å²) >= 11 is 7.45. The van der Waals surface area contributed by atoms with Crippen molar-refractivity contribution in [1.82, 2.24) is 14.9 Å². The first-order chi connectivity index (χ1) is 15.0. The number of hydrogen-bond acceptors (Lipinski definition) is 6. The summed E-state index contributed by atoms with van der Waals surface area (Å²) in [5.74, 6) is 0.996. The smallest absolute Gasteiger partial charge is 0.260 e. The third-order valence-corrected chi connectivity index (χ3v) is 5.95. The van der Waals surface area contributed by atoms with Crippen molar-refractivity contribution >= 4 is 33.2 Å². The summed E-state index contributed by atoms with van der Waals surface area (Å²) in [4.78, 5) is 23.4. The molecular weight excluding hydrogens is 446 g/mol. The molecule has 0 saturated heterocycles. The Hall–Kier alpha value is -1.77. The second-order valence-corrected chi connectivity index (χ2v) is 10.8. The number of aromatic nitrogens is 2. The van der Waals surface area contributed by atoms with Crippen LogP contribution in [0, 0.1) is 5.92 Å². The molecule has 174 valence electrons. The van der Waals surface area contributed by atoms with Crippen LogP contribution < -0.4 is 5.56 Å². The van der Waals surface area contributed by atoms with Gasteiger partial charge in [0.05, 0.1) is 30.2 Å². The summed E-state index contributed by atoms with van der Waals surface area (Å²) in [6, 6.07) is 7.44. The standard InChI is InChI=1S/C24H32ClN3O3S/c1-15(2)10-28(11-18(29)13-31-24(3,4)5)12-20-26-22(30)21-19(14-32-23(21)27-20)16-6-8-17(25)9-7-16/h6-9,14-15,18,29H,10-13H2,1-5H3,(H,26,27,30)/t18-/m0/s1. The maximum absolute atomic E-state index is 13.0. The molecule has 0 aliphatic rings. The largest absolute Gasteiger partial charge is 0.389 e. The zero-order valence-electron chi connectivity index (χ0n) is 19.3. The molecule has 2 heterocycles. The third kappa shape index (κ3) is 6.86. The second-order valence-electron chi connectivity index (χ2n) is 9.51. The van der Waals surface area contributed by atoms with Crippen LogP contribution in [0.5, 0.6) is 0 Å². The molecule has 1 aromatic carbocycles. The average Bonchev–Trinajstić information content (AvgIpc) is 3.10. The van der Waals surface area contributed by atoms with E-state index in [9.17, 15) is 9.90 Å². The molecule has 0 radical (unpaired) electrons. The molecule has 0 fully saturated rings. The molecule has 1 atom stereocenters. The minimum atomic E-state index is -0.623. The van der Waals surface area contributed by atoms with Gasteiger partial charge in [-0.05, 0) is 44.4 Å². The van der Waals surface area contributed by atoms with E-state index in [1.165, 1.54) is 11.3 Å². The van der Waals surface area contributed by atoms with E-state index in [-0.39, 0.29) is 17.8 Å². The summed E-state index contributed by atoms with van der Waals surface area (Å²) in [5, 5.41) is 13.7. The van der Waals surface area contributed by atoms with E-state index in [2.05, 4.69) is 23.7 Å². The van der Waals surface area contributed by atoms with Gasteiger partial charge in [0, 0.05) is 29.1 Å². The Morgan fingerprint density at radius 3 is 2.53 bits per heavy atom. The van der Waals surface area contributed by atoms with Crippen molar-refractivity contribution in [1.29, 1.82) is 0 Å². The minimum Gasteiger partial charge on any atom is -0.389 e. The SMILES string of the molecule is CC(C)CN(Cc1nc2scc(-c3ccc(Cl)cc3)c2c(=O)[nH]1)C[C@H](O)COC(C)(C)C. The number of aromatic amines is 1. The molecule has 3 aromatic rings. The number of aliphatic hydroxyl groups is 1. The minimum absolute atomic E-state index is 0.155. The summed E-state index contributed by atoms with van der Waals surface area (Å²) in [7, 11) is 0. The van der Waals surface area contributed by atoms with Gasteiger partial charge >= 0.3 is 0 Å². The summed E-state index contributed by atoms with van der Waals surface area (Å²) in [5.41, 5.74) is 1.33. The van der Waals surface area contributed by atoms with Gasteiger partial charge in [-0.2, -0.15) is 0 Å². The molecule has 3 rings (SSSR count). The van der Waals surface area contributed by atoms with Gasteiger partial charge in [0.25, 0.3) is 5.56 Å². The highest BCUT2D eigenvalue weighted by atomic mass is 35.5. The number of nitrogens with one attached hydrogen (secondary N) is 1. The van der Waals surface area contributed by atoms with E-state index >= 15 is 0 Å². The number of hydrogen-bond donors (Lipinski definition) is 2. The molecule has 2 aromatic heterocycles. The lowest BCUT2D eigenvalue weighted by atomic mass is 10.1. The highest BCUT2D eigenvalue weighted by Gasteiger charge is 2.19. The van der Waals surface area contributed by atoms with Gasteiger partial charge in [-0.1, -0.05) is 37.6 Å². The van der Waals surface area contributed by atoms with Crippen LogP contribution in [0.1, 0.15) is 40.4 Å². The van der Waals surface area contributed by atoms with Crippen LogP contribution in [-0.2, 0) is 11.3 Å². The molecule has 0 amide bonds. The molecule has 0 aliphatic heterocycles. The number of aliphatic hydroxyl groups excluding tert-OH is 1. The van der Waals surface area contributed by atoms with Crippen LogP contribution in [0.15, 0.2) is 34.4 Å². The summed E-state index contributed by atoms with van der Waals surface area (Å²) < 4.78 is 5.72. The molecular formula is C24H32ClN3O3S. The second kappa shape index (κ2) is 10.4. The van der Waals surface area contributed by atoms with Crippen LogP contribution in [0.4, 0.5) is 0 Å². The Morgan fingerprint density at radius 1 is 1.22 bits per heavy atom. The lowest BCUT2D eigenvalue weighted by Crippen LogP contribution is -2.39. The fourth-order valence-corrected chi connectivity index (χ4v) is 4.63. The predicted octanol–water partition coefficient (Wildman–Crippen LogP) is 4.94. The van der Waals surface area contributed by atoms with Crippen LogP contribution >= 0.6 is 22.9 Å². The van der Waals surface area contributed by atoms with Crippen LogP contribution in [0.2, 0.25) is 5.02 Å². The molecule has 2 N–H and O–H groups in total. The molecule has 0 spiro atoms. The van der Waals surface area contributed by atoms with Gasteiger partial charge < -0.3 is 14.8 Å². The molecule has 0 unspecified atom stereocenters. The molecule has 0 saturated carbocycles. The van der Waals surface area contributed by atoms with E-state index in [0.717, 1.165) is 17.7 Å². The number of thiophene rings is 1. The van der Waals surface area contributed by atoms with E-state index in [4.69, 9.17) is 21.3 Å². The Morgan fingerprint density at radius 2 is 1.91 bits per heavy atom. The quantitative estimate of drug-likeness (QED) is 0.456. The first kappa shape index (κ1) is 24.9. The van der Waals surface area contributed by atoms with E-state index in [1.807, 2.05) is 50.4 Å². The monoisotopic (exact) mass is 477 g/mol. The van der Waals surface area contributed by atoms with Gasteiger partial charge in [0.1, 0.15) is 10.7 Å². The summed E-state index contributed by atoms with van der Waals surface area (Å²) in [6.07, 6.45) is -0.623. The highest BCUT2D eigenvalue weighted by Crippen LogP contribution is 2.31. The number of benzene rings is 1. The van der Waals surface area contributed by atoms with Crippen molar-refractivity contribution in [2.45, 2.75) is 52.9 Å². The number of ether oxygens (including phenoxy) is 1. The maximum Gasteiger partial charge on any atom is 0.260 e.